The van der Waals surface area contributed by atoms with Crippen LogP contribution in [0.25, 0.3) is 0 Å². The van der Waals surface area contributed by atoms with Crippen molar-refractivity contribution in [3.05, 3.63) is 59.7 Å². The van der Waals surface area contributed by atoms with Crippen LogP contribution in [0.3, 0.4) is 0 Å². The van der Waals surface area contributed by atoms with Crippen LogP contribution >= 0.6 is 0 Å². The number of benzene rings is 2. The van der Waals surface area contributed by atoms with E-state index in [0.717, 1.165) is 17.7 Å². The van der Waals surface area contributed by atoms with E-state index < -0.39 is 0 Å². The minimum atomic E-state index is -0.371. The number of aromatic hydroxyl groups is 1. The molecule has 2 rings (SSSR count). The second-order valence-corrected chi connectivity index (χ2v) is 5.63. The molecule has 2 aromatic rings. The first-order valence-electron chi connectivity index (χ1n) is 7.05. The van der Waals surface area contributed by atoms with Gasteiger partial charge in [-0.3, -0.25) is 0 Å². The Bertz CT molecular complexity index is 573. The SMILES string of the molecule is CCc1ccccc1OC(C)(C)Cc1ccccc1O. The largest absolute Gasteiger partial charge is 0.508 e. The van der Waals surface area contributed by atoms with Crippen LogP contribution in [0, 0.1) is 0 Å². The zero-order valence-electron chi connectivity index (χ0n) is 12.4. The van der Waals surface area contributed by atoms with Crippen LogP contribution < -0.4 is 4.74 Å². The molecule has 0 amide bonds. The van der Waals surface area contributed by atoms with Crippen LogP contribution in [-0.2, 0) is 12.8 Å². The van der Waals surface area contributed by atoms with Gasteiger partial charge in [-0.15, -0.1) is 0 Å². The predicted molar refractivity (Wildman–Crippen MR) is 82.3 cm³/mol. The summed E-state index contributed by atoms with van der Waals surface area (Å²) in [5.74, 6) is 1.25. The molecule has 2 aromatic carbocycles. The average Bonchev–Trinajstić information content (AvgIpc) is 2.41. The van der Waals surface area contributed by atoms with Crippen molar-refractivity contribution in [2.45, 2.75) is 39.2 Å². The van der Waals surface area contributed by atoms with Crippen molar-refractivity contribution in [1.82, 2.24) is 0 Å². The zero-order chi connectivity index (χ0) is 14.6. The molecular weight excluding hydrogens is 248 g/mol. The molecule has 106 valence electrons. The van der Waals surface area contributed by atoms with Gasteiger partial charge < -0.3 is 9.84 Å². The lowest BCUT2D eigenvalue weighted by molar-refractivity contribution is 0.108. The van der Waals surface area contributed by atoms with Gasteiger partial charge in [0.2, 0.25) is 0 Å². The van der Waals surface area contributed by atoms with E-state index in [4.69, 9.17) is 4.74 Å². The Kier molecular flexibility index (Phi) is 4.33. The molecule has 0 heterocycles. The van der Waals surface area contributed by atoms with E-state index >= 15 is 0 Å². The molecule has 20 heavy (non-hydrogen) atoms. The van der Waals surface area contributed by atoms with Gasteiger partial charge in [-0.05, 0) is 43.5 Å². The van der Waals surface area contributed by atoms with E-state index in [1.807, 2.05) is 50.2 Å². The number of aryl methyl sites for hydroxylation is 1. The topological polar surface area (TPSA) is 29.5 Å². The van der Waals surface area contributed by atoms with E-state index in [-0.39, 0.29) is 5.60 Å². The van der Waals surface area contributed by atoms with Crippen LogP contribution in [0.1, 0.15) is 31.9 Å². The highest BCUT2D eigenvalue weighted by Crippen LogP contribution is 2.28. The third-order valence-electron chi connectivity index (χ3n) is 3.35. The van der Waals surface area contributed by atoms with E-state index in [1.54, 1.807) is 6.07 Å². The van der Waals surface area contributed by atoms with Crippen molar-refractivity contribution in [3.63, 3.8) is 0 Å². The summed E-state index contributed by atoms with van der Waals surface area (Å²) in [6, 6.07) is 15.5. The fourth-order valence-corrected chi connectivity index (χ4v) is 2.35. The molecule has 0 aliphatic heterocycles. The third-order valence-corrected chi connectivity index (χ3v) is 3.35. The number of hydrogen-bond donors (Lipinski definition) is 1. The predicted octanol–water partition coefficient (Wildman–Crippen LogP) is 4.35. The minimum absolute atomic E-state index is 0.327. The summed E-state index contributed by atoms with van der Waals surface area (Å²) in [6.45, 7) is 6.22. The molecule has 0 aliphatic rings. The van der Waals surface area contributed by atoms with Crippen molar-refractivity contribution < 1.29 is 9.84 Å². The van der Waals surface area contributed by atoms with Gasteiger partial charge in [-0.2, -0.15) is 0 Å². The van der Waals surface area contributed by atoms with Gasteiger partial charge in [0.1, 0.15) is 17.1 Å². The van der Waals surface area contributed by atoms with Crippen LogP contribution in [-0.4, -0.2) is 10.7 Å². The molecule has 0 aromatic heterocycles. The van der Waals surface area contributed by atoms with E-state index in [1.165, 1.54) is 5.56 Å². The molecular formula is C18H22O2. The number of rotatable bonds is 5. The lowest BCUT2D eigenvalue weighted by Gasteiger charge is -2.28. The normalized spacial score (nSPS) is 11.3. The fraction of sp³-hybridized carbons (Fsp3) is 0.333. The number of para-hydroxylation sites is 2. The van der Waals surface area contributed by atoms with Gasteiger partial charge in [0.15, 0.2) is 0 Å². The fourth-order valence-electron chi connectivity index (χ4n) is 2.35. The Hall–Kier alpha value is -1.96. The van der Waals surface area contributed by atoms with Crippen LogP contribution in [0.4, 0.5) is 0 Å². The molecule has 0 saturated heterocycles. The smallest absolute Gasteiger partial charge is 0.123 e. The number of ether oxygens (including phenoxy) is 1. The molecule has 2 nitrogen and oxygen atoms in total. The minimum Gasteiger partial charge on any atom is -0.508 e. The Morgan fingerprint density at radius 3 is 2.20 bits per heavy atom. The Labute approximate surface area is 121 Å². The summed E-state index contributed by atoms with van der Waals surface area (Å²) in [6.07, 6.45) is 1.61. The van der Waals surface area contributed by atoms with Crippen molar-refractivity contribution in [1.29, 1.82) is 0 Å². The molecule has 0 aliphatic carbocycles. The molecule has 2 heteroatoms. The highest BCUT2D eigenvalue weighted by Gasteiger charge is 2.22. The van der Waals surface area contributed by atoms with Gasteiger partial charge >= 0.3 is 0 Å². The second kappa shape index (κ2) is 6.00. The Morgan fingerprint density at radius 2 is 1.55 bits per heavy atom. The van der Waals surface area contributed by atoms with E-state index in [9.17, 15) is 5.11 Å². The summed E-state index contributed by atoms with van der Waals surface area (Å²) in [5, 5.41) is 9.89. The zero-order valence-corrected chi connectivity index (χ0v) is 12.4. The molecule has 0 spiro atoms. The molecule has 0 bridgehead atoms. The van der Waals surface area contributed by atoms with Crippen molar-refractivity contribution in [3.8, 4) is 11.5 Å². The van der Waals surface area contributed by atoms with Crippen LogP contribution in [0.2, 0.25) is 0 Å². The number of hydrogen-bond acceptors (Lipinski definition) is 2. The lowest BCUT2D eigenvalue weighted by atomic mass is 9.97. The average molecular weight is 270 g/mol. The highest BCUT2D eigenvalue weighted by atomic mass is 16.5. The number of phenols is 1. The van der Waals surface area contributed by atoms with Crippen molar-refractivity contribution in [2.24, 2.45) is 0 Å². The quantitative estimate of drug-likeness (QED) is 0.875. The molecule has 0 fully saturated rings. The first-order valence-corrected chi connectivity index (χ1v) is 7.05. The monoisotopic (exact) mass is 270 g/mol. The van der Waals surface area contributed by atoms with Gasteiger partial charge in [0.25, 0.3) is 0 Å². The second-order valence-electron chi connectivity index (χ2n) is 5.63. The van der Waals surface area contributed by atoms with Crippen LogP contribution in [0.15, 0.2) is 48.5 Å². The summed E-state index contributed by atoms with van der Waals surface area (Å²) in [4.78, 5) is 0. The van der Waals surface area contributed by atoms with Gasteiger partial charge in [-0.1, -0.05) is 43.3 Å². The van der Waals surface area contributed by atoms with Gasteiger partial charge in [0.05, 0.1) is 0 Å². The van der Waals surface area contributed by atoms with Gasteiger partial charge in [-0.25, -0.2) is 0 Å². The third kappa shape index (κ3) is 3.53. The maximum Gasteiger partial charge on any atom is 0.123 e. The first kappa shape index (κ1) is 14.4. The molecule has 1 N–H and O–H groups in total. The highest BCUT2D eigenvalue weighted by molar-refractivity contribution is 5.35. The van der Waals surface area contributed by atoms with E-state index in [0.29, 0.717) is 12.2 Å². The molecule has 0 unspecified atom stereocenters. The summed E-state index contributed by atoms with van der Waals surface area (Å²) >= 11 is 0. The maximum atomic E-state index is 9.89. The molecule has 0 radical (unpaired) electrons. The molecule has 0 atom stereocenters. The van der Waals surface area contributed by atoms with Gasteiger partial charge in [0, 0.05) is 6.42 Å². The summed E-state index contributed by atoms with van der Waals surface area (Å²) < 4.78 is 6.17. The Morgan fingerprint density at radius 1 is 0.950 bits per heavy atom. The van der Waals surface area contributed by atoms with E-state index in [2.05, 4.69) is 13.0 Å². The summed E-state index contributed by atoms with van der Waals surface area (Å²) in [5.41, 5.74) is 1.74. The first-order chi connectivity index (χ1) is 9.52. The van der Waals surface area contributed by atoms with Crippen LogP contribution in [0.5, 0.6) is 11.5 Å². The lowest BCUT2D eigenvalue weighted by Crippen LogP contribution is -2.31. The number of phenolic OH excluding ortho intramolecular Hbond substituents is 1. The standard InChI is InChI=1S/C18H22O2/c1-4-14-9-6-8-12-17(14)20-18(2,3)13-15-10-5-7-11-16(15)19/h5-12,19H,4,13H2,1-3H3. The Balaban J connectivity index is 2.17. The van der Waals surface area contributed by atoms with Crippen molar-refractivity contribution in [2.75, 3.05) is 0 Å². The maximum absolute atomic E-state index is 9.89. The summed E-state index contributed by atoms with van der Waals surface area (Å²) in [7, 11) is 0. The molecule has 0 saturated carbocycles. The van der Waals surface area contributed by atoms with Crippen molar-refractivity contribution >= 4 is 0 Å².